The summed E-state index contributed by atoms with van der Waals surface area (Å²) in [5, 5.41) is 6.42. The van der Waals surface area contributed by atoms with Gasteiger partial charge in [-0.1, -0.05) is 0 Å². The Hall–Kier alpha value is -0.931. The van der Waals surface area contributed by atoms with Crippen LogP contribution in [0.2, 0.25) is 13.3 Å². The van der Waals surface area contributed by atoms with Gasteiger partial charge in [-0.15, -0.1) is 0 Å². The third-order valence-electron chi connectivity index (χ3n) is 7.42. The molecule has 0 atom stereocenters. The van der Waals surface area contributed by atoms with E-state index in [1.165, 1.54) is 55.5 Å². The first-order chi connectivity index (χ1) is 17.0. The van der Waals surface area contributed by atoms with Gasteiger partial charge in [-0.05, 0) is 0 Å². The molecular weight excluding hydrogens is 555 g/mol. The van der Waals surface area contributed by atoms with Crippen molar-refractivity contribution in [2.45, 2.75) is 92.2 Å². The molecule has 1 aliphatic heterocycles. The summed E-state index contributed by atoms with van der Waals surface area (Å²) >= 11 is -2.88. The third-order valence-corrected chi connectivity index (χ3v) is 22.6. The maximum atomic E-state index is 13.1. The van der Waals surface area contributed by atoms with Crippen LogP contribution < -0.4 is 8.45 Å². The Morgan fingerprint density at radius 2 is 1.57 bits per heavy atom. The summed E-state index contributed by atoms with van der Waals surface area (Å²) in [5.74, 6) is 0.253. The van der Waals surface area contributed by atoms with Crippen molar-refractivity contribution >= 4 is 33.0 Å². The Kier molecular flexibility index (Phi) is 12.0. The molecular formula is C27H45F2N3O2Sn. The zero-order valence-corrected chi connectivity index (χ0v) is 24.9. The number of ether oxygens (including phenoxy) is 2. The van der Waals surface area contributed by atoms with Crippen molar-refractivity contribution in [3.63, 3.8) is 0 Å². The maximum absolute atomic E-state index is 13.1. The molecule has 0 bridgehead atoms. The SMILES string of the molecule is CCC[CH2][Sn]([CH2]CCC)([CH2]CCC)[c]1nn(CCCN2CCOCC2)c2ccc(OC(F)F)cc12. The number of hydrogen-bond donors (Lipinski definition) is 0. The molecule has 8 heteroatoms. The van der Waals surface area contributed by atoms with E-state index in [9.17, 15) is 8.78 Å². The number of alkyl halides is 2. The second-order valence-electron chi connectivity index (χ2n) is 10.0. The molecule has 5 nitrogen and oxygen atoms in total. The zero-order chi connectivity index (χ0) is 25.1. The van der Waals surface area contributed by atoms with Gasteiger partial charge >= 0.3 is 215 Å². The van der Waals surface area contributed by atoms with Crippen molar-refractivity contribution in [3.8, 4) is 5.75 Å². The number of hydrogen-bond acceptors (Lipinski definition) is 4. The summed E-state index contributed by atoms with van der Waals surface area (Å²) in [4.78, 5) is 2.46. The van der Waals surface area contributed by atoms with E-state index in [0.29, 0.717) is 0 Å². The molecule has 0 amide bonds. The number of unbranched alkanes of at least 4 members (excludes halogenated alkanes) is 3. The molecule has 1 aliphatic rings. The number of rotatable bonds is 16. The minimum atomic E-state index is -2.88. The Morgan fingerprint density at radius 1 is 0.943 bits per heavy atom. The van der Waals surface area contributed by atoms with Crippen molar-refractivity contribution in [2.24, 2.45) is 0 Å². The molecule has 1 fully saturated rings. The standard InChI is InChI=1S/C15H18F2N3O2.3C4H9.Sn/c16-15(17)22-13-2-3-14-12(10-13)11-18-20(14)5-1-4-19-6-8-21-9-7-19;3*1-3-4-2;/h2-3,10,15H,1,4-9H2;3*1,3-4H2,2H3;. The van der Waals surface area contributed by atoms with Gasteiger partial charge in [-0.25, -0.2) is 0 Å². The number of nitrogens with zero attached hydrogens (tertiary/aromatic N) is 3. The summed E-state index contributed by atoms with van der Waals surface area (Å²) in [6.45, 7) is 9.48. The van der Waals surface area contributed by atoms with Crippen LogP contribution >= 0.6 is 0 Å². The van der Waals surface area contributed by atoms with E-state index in [-0.39, 0.29) is 5.75 Å². The summed E-state index contributed by atoms with van der Waals surface area (Å²) < 4.78 is 43.8. The summed E-state index contributed by atoms with van der Waals surface area (Å²) in [6, 6.07) is 5.49. The second-order valence-corrected chi connectivity index (χ2v) is 23.0. The van der Waals surface area contributed by atoms with Crippen LogP contribution in [0.1, 0.15) is 65.7 Å². The van der Waals surface area contributed by atoms with Crippen molar-refractivity contribution in [1.29, 1.82) is 0 Å². The zero-order valence-electron chi connectivity index (χ0n) is 22.0. The summed E-state index contributed by atoms with van der Waals surface area (Å²) in [6.07, 6.45) is 8.30. The predicted octanol–water partition coefficient (Wildman–Crippen LogP) is 6.42. The van der Waals surface area contributed by atoms with E-state index in [1.807, 2.05) is 12.1 Å². The van der Waals surface area contributed by atoms with Gasteiger partial charge in [-0.3, -0.25) is 0 Å². The normalized spacial score (nSPS) is 15.4. The molecule has 35 heavy (non-hydrogen) atoms. The van der Waals surface area contributed by atoms with Crippen LogP contribution in [0.25, 0.3) is 10.9 Å². The fraction of sp³-hybridized carbons (Fsp3) is 0.741. The van der Waals surface area contributed by atoms with Crippen LogP contribution in [0.4, 0.5) is 8.78 Å². The molecule has 0 unspecified atom stereocenters. The molecule has 0 aliphatic carbocycles. The molecule has 0 saturated carbocycles. The minimum absolute atomic E-state index is 0.253. The molecule has 2 aromatic rings. The Morgan fingerprint density at radius 3 is 2.14 bits per heavy atom. The van der Waals surface area contributed by atoms with Crippen LogP contribution in [0, 0.1) is 0 Å². The van der Waals surface area contributed by atoms with Crippen molar-refractivity contribution in [3.05, 3.63) is 18.2 Å². The van der Waals surface area contributed by atoms with Gasteiger partial charge in [0.1, 0.15) is 0 Å². The molecule has 0 N–H and O–H groups in total. The molecule has 3 rings (SSSR count). The fourth-order valence-corrected chi connectivity index (χ4v) is 21.6. The van der Waals surface area contributed by atoms with E-state index in [1.54, 1.807) is 6.07 Å². The number of morpholine rings is 1. The van der Waals surface area contributed by atoms with Gasteiger partial charge < -0.3 is 0 Å². The van der Waals surface area contributed by atoms with Gasteiger partial charge in [0.2, 0.25) is 0 Å². The van der Waals surface area contributed by atoms with Gasteiger partial charge in [0.15, 0.2) is 0 Å². The molecule has 1 saturated heterocycles. The number of fused-ring (bicyclic) bond motifs is 1. The number of aromatic nitrogens is 2. The van der Waals surface area contributed by atoms with Crippen LogP contribution in [-0.2, 0) is 11.3 Å². The van der Waals surface area contributed by atoms with Crippen LogP contribution in [0.5, 0.6) is 5.75 Å². The van der Waals surface area contributed by atoms with E-state index in [2.05, 4.69) is 30.4 Å². The topological polar surface area (TPSA) is 39.5 Å². The predicted molar refractivity (Wildman–Crippen MR) is 143 cm³/mol. The molecule has 0 radical (unpaired) electrons. The Bertz CT molecular complexity index is 865. The van der Waals surface area contributed by atoms with Crippen LogP contribution in [0.15, 0.2) is 18.2 Å². The van der Waals surface area contributed by atoms with E-state index in [0.717, 1.165) is 56.7 Å². The molecule has 1 aromatic carbocycles. The average molecular weight is 600 g/mol. The molecule has 2 heterocycles. The summed E-state index contributed by atoms with van der Waals surface area (Å²) in [5.41, 5.74) is 1.08. The van der Waals surface area contributed by atoms with Gasteiger partial charge in [0.25, 0.3) is 0 Å². The fourth-order valence-electron chi connectivity index (χ4n) is 5.44. The van der Waals surface area contributed by atoms with Crippen molar-refractivity contribution in [2.75, 3.05) is 32.8 Å². The second kappa shape index (κ2) is 14.7. The first-order valence-corrected chi connectivity index (χ1v) is 21.3. The molecule has 198 valence electrons. The van der Waals surface area contributed by atoms with Crippen LogP contribution in [-0.4, -0.2) is 72.5 Å². The Labute approximate surface area is 214 Å². The monoisotopic (exact) mass is 601 g/mol. The van der Waals surface area contributed by atoms with E-state index >= 15 is 0 Å². The first kappa shape index (κ1) is 28.6. The van der Waals surface area contributed by atoms with E-state index in [4.69, 9.17) is 14.6 Å². The van der Waals surface area contributed by atoms with Gasteiger partial charge in [0.05, 0.1) is 0 Å². The summed E-state index contributed by atoms with van der Waals surface area (Å²) in [7, 11) is 0. The number of halogens is 2. The average Bonchev–Trinajstić information content (AvgIpc) is 3.22. The number of aryl methyl sites for hydroxylation is 1. The van der Waals surface area contributed by atoms with Crippen molar-refractivity contribution < 1.29 is 18.3 Å². The van der Waals surface area contributed by atoms with Gasteiger partial charge in [-0.2, -0.15) is 0 Å². The molecule has 0 spiro atoms. The molecule has 1 aromatic heterocycles. The van der Waals surface area contributed by atoms with E-state index < -0.39 is 25.0 Å². The van der Waals surface area contributed by atoms with Crippen LogP contribution in [0.3, 0.4) is 0 Å². The van der Waals surface area contributed by atoms with Gasteiger partial charge in [0, 0.05) is 0 Å². The Balaban J connectivity index is 1.99. The quantitative estimate of drug-likeness (QED) is 0.209. The third kappa shape index (κ3) is 8.02. The first-order valence-electron chi connectivity index (χ1n) is 13.8. The van der Waals surface area contributed by atoms with Crippen molar-refractivity contribution in [1.82, 2.24) is 14.7 Å². The number of benzene rings is 1.